The summed E-state index contributed by atoms with van der Waals surface area (Å²) in [7, 11) is 1.52. The van der Waals surface area contributed by atoms with Crippen LogP contribution in [0.3, 0.4) is 0 Å². The third-order valence-corrected chi connectivity index (χ3v) is 4.56. The van der Waals surface area contributed by atoms with Gasteiger partial charge in [0.25, 0.3) is 5.91 Å². The van der Waals surface area contributed by atoms with Crippen molar-refractivity contribution in [3.8, 4) is 5.75 Å². The average Bonchev–Trinajstić information content (AvgIpc) is 2.67. The van der Waals surface area contributed by atoms with E-state index in [0.717, 1.165) is 5.56 Å². The fourth-order valence-corrected chi connectivity index (χ4v) is 3.33. The molecule has 1 N–H and O–H groups in total. The molecule has 0 unspecified atom stereocenters. The molecule has 0 spiro atoms. The first-order chi connectivity index (χ1) is 12.2. The number of hydrogen-bond donors (Lipinski definition) is 1. The van der Waals surface area contributed by atoms with Crippen molar-refractivity contribution in [2.45, 2.75) is 12.1 Å². The molecule has 1 aliphatic heterocycles. The molecule has 0 radical (unpaired) electrons. The summed E-state index contributed by atoms with van der Waals surface area (Å²) in [5.74, 6) is 0.267. The number of morpholine rings is 1. The first-order valence-electron chi connectivity index (χ1n) is 8.07. The number of aliphatic hydroxyl groups is 1. The average molecular weight is 362 g/mol. The van der Waals surface area contributed by atoms with E-state index in [1.807, 2.05) is 30.3 Å². The lowest BCUT2D eigenvalue weighted by atomic mass is 9.97. The van der Waals surface area contributed by atoms with Gasteiger partial charge < -0.3 is 19.5 Å². The second-order valence-corrected chi connectivity index (χ2v) is 6.23. The monoisotopic (exact) mass is 361 g/mol. The SMILES string of the molecule is COc1ccc(Cl)cc1C(=O)N1CCO[C@@H](CO)[C@@H]1c1ccccc1. The highest BCUT2D eigenvalue weighted by Crippen LogP contribution is 2.33. The van der Waals surface area contributed by atoms with Crippen LogP contribution in [0.15, 0.2) is 48.5 Å². The molecule has 1 aliphatic rings. The van der Waals surface area contributed by atoms with Crippen molar-refractivity contribution in [1.82, 2.24) is 4.90 Å². The lowest BCUT2D eigenvalue weighted by Crippen LogP contribution is -2.49. The van der Waals surface area contributed by atoms with Gasteiger partial charge >= 0.3 is 0 Å². The van der Waals surface area contributed by atoms with Crippen LogP contribution in [-0.4, -0.2) is 48.9 Å². The van der Waals surface area contributed by atoms with Crippen molar-refractivity contribution >= 4 is 17.5 Å². The number of carbonyl (C=O) groups excluding carboxylic acids is 1. The predicted octanol–water partition coefficient (Wildman–Crippen LogP) is 2.92. The van der Waals surface area contributed by atoms with Gasteiger partial charge in [-0.1, -0.05) is 41.9 Å². The van der Waals surface area contributed by atoms with Gasteiger partial charge in [-0.05, 0) is 23.8 Å². The Morgan fingerprint density at radius 1 is 1.32 bits per heavy atom. The lowest BCUT2D eigenvalue weighted by molar-refractivity contribution is -0.0811. The largest absolute Gasteiger partial charge is 0.496 e. The Bertz CT molecular complexity index is 737. The van der Waals surface area contributed by atoms with Crippen LogP contribution in [0.4, 0.5) is 0 Å². The van der Waals surface area contributed by atoms with Gasteiger partial charge in [0.1, 0.15) is 11.9 Å². The van der Waals surface area contributed by atoms with Crippen molar-refractivity contribution in [3.05, 3.63) is 64.7 Å². The number of rotatable bonds is 4. The zero-order chi connectivity index (χ0) is 17.8. The number of carbonyl (C=O) groups is 1. The summed E-state index contributed by atoms with van der Waals surface area (Å²) in [6, 6.07) is 14.2. The van der Waals surface area contributed by atoms with E-state index in [1.165, 1.54) is 7.11 Å². The minimum atomic E-state index is -0.481. The highest BCUT2D eigenvalue weighted by Gasteiger charge is 2.37. The first kappa shape index (κ1) is 17.7. The molecular weight excluding hydrogens is 342 g/mol. The van der Waals surface area contributed by atoms with Gasteiger partial charge in [0, 0.05) is 11.6 Å². The molecule has 5 nitrogen and oxygen atoms in total. The molecule has 132 valence electrons. The Morgan fingerprint density at radius 2 is 2.08 bits per heavy atom. The van der Waals surface area contributed by atoms with Crippen LogP contribution in [0.2, 0.25) is 5.02 Å². The third kappa shape index (κ3) is 3.63. The van der Waals surface area contributed by atoms with E-state index in [-0.39, 0.29) is 18.6 Å². The van der Waals surface area contributed by atoms with Crippen LogP contribution >= 0.6 is 11.6 Å². The van der Waals surface area contributed by atoms with Crippen molar-refractivity contribution < 1.29 is 19.4 Å². The van der Waals surface area contributed by atoms with Crippen LogP contribution < -0.4 is 4.74 Å². The molecule has 0 aliphatic carbocycles. The zero-order valence-corrected chi connectivity index (χ0v) is 14.6. The van der Waals surface area contributed by atoms with Crippen molar-refractivity contribution in [1.29, 1.82) is 0 Å². The number of hydrogen-bond acceptors (Lipinski definition) is 4. The Morgan fingerprint density at radius 3 is 2.76 bits per heavy atom. The molecule has 25 heavy (non-hydrogen) atoms. The van der Waals surface area contributed by atoms with Gasteiger partial charge in [0.2, 0.25) is 0 Å². The van der Waals surface area contributed by atoms with Crippen LogP contribution in [0.25, 0.3) is 0 Å². The Balaban J connectivity index is 2.01. The molecule has 0 saturated carbocycles. The summed E-state index contributed by atoms with van der Waals surface area (Å²) in [4.78, 5) is 14.9. The number of aliphatic hydroxyl groups excluding tert-OH is 1. The Labute approximate surface area is 151 Å². The van der Waals surface area contributed by atoms with E-state index in [0.29, 0.717) is 29.5 Å². The van der Waals surface area contributed by atoms with Crippen LogP contribution in [0.5, 0.6) is 5.75 Å². The van der Waals surface area contributed by atoms with Gasteiger partial charge in [0.15, 0.2) is 0 Å². The van der Waals surface area contributed by atoms with Crippen molar-refractivity contribution in [3.63, 3.8) is 0 Å². The molecule has 0 bridgehead atoms. The van der Waals surface area contributed by atoms with E-state index >= 15 is 0 Å². The molecule has 6 heteroatoms. The highest BCUT2D eigenvalue weighted by atomic mass is 35.5. The second-order valence-electron chi connectivity index (χ2n) is 5.79. The topological polar surface area (TPSA) is 59.0 Å². The summed E-state index contributed by atoms with van der Waals surface area (Å²) in [5, 5.41) is 10.2. The summed E-state index contributed by atoms with van der Waals surface area (Å²) in [5.41, 5.74) is 1.31. The summed E-state index contributed by atoms with van der Waals surface area (Å²) < 4.78 is 11.0. The minimum Gasteiger partial charge on any atom is -0.496 e. The standard InChI is InChI=1S/C19H20ClNO4/c1-24-16-8-7-14(20)11-15(16)19(23)21-9-10-25-17(12-22)18(21)13-5-3-2-4-6-13/h2-8,11,17-18,22H,9-10,12H2,1H3/t17-,18-/m0/s1. The summed E-state index contributed by atoms with van der Waals surface area (Å²) in [6.45, 7) is 0.615. The molecule has 1 fully saturated rings. The molecular formula is C19H20ClNO4. The number of benzene rings is 2. The third-order valence-electron chi connectivity index (χ3n) is 4.33. The predicted molar refractivity (Wildman–Crippen MR) is 95.0 cm³/mol. The van der Waals surface area contributed by atoms with Crippen LogP contribution in [0, 0.1) is 0 Å². The Kier molecular flexibility index (Phi) is 5.58. The lowest BCUT2D eigenvalue weighted by Gasteiger charge is -2.41. The van der Waals surface area contributed by atoms with E-state index < -0.39 is 6.10 Å². The maximum Gasteiger partial charge on any atom is 0.258 e. The summed E-state index contributed by atoms with van der Waals surface area (Å²) >= 11 is 6.08. The van der Waals surface area contributed by atoms with Gasteiger partial charge in [-0.2, -0.15) is 0 Å². The quantitative estimate of drug-likeness (QED) is 0.909. The maximum atomic E-state index is 13.2. The fourth-order valence-electron chi connectivity index (χ4n) is 3.16. The smallest absolute Gasteiger partial charge is 0.258 e. The van der Waals surface area contributed by atoms with E-state index in [9.17, 15) is 9.90 Å². The molecule has 3 rings (SSSR count). The number of nitrogens with zero attached hydrogens (tertiary/aromatic N) is 1. The highest BCUT2D eigenvalue weighted by molar-refractivity contribution is 6.31. The van der Waals surface area contributed by atoms with Gasteiger partial charge in [-0.15, -0.1) is 0 Å². The zero-order valence-electron chi connectivity index (χ0n) is 13.9. The molecule has 2 atom stereocenters. The van der Waals surface area contributed by atoms with Crippen LogP contribution in [0.1, 0.15) is 22.0 Å². The minimum absolute atomic E-state index is 0.171. The normalized spacial score (nSPS) is 20.4. The number of methoxy groups -OCH3 is 1. The fraction of sp³-hybridized carbons (Fsp3) is 0.316. The molecule has 1 heterocycles. The van der Waals surface area contributed by atoms with E-state index in [2.05, 4.69) is 0 Å². The maximum absolute atomic E-state index is 13.2. The molecule has 1 amide bonds. The van der Waals surface area contributed by atoms with Gasteiger partial charge in [-0.3, -0.25) is 4.79 Å². The summed E-state index contributed by atoms with van der Waals surface area (Å²) in [6.07, 6.45) is -0.481. The van der Waals surface area contributed by atoms with E-state index in [4.69, 9.17) is 21.1 Å². The molecule has 2 aromatic rings. The van der Waals surface area contributed by atoms with Crippen LogP contribution in [-0.2, 0) is 4.74 Å². The number of halogens is 1. The first-order valence-corrected chi connectivity index (χ1v) is 8.45. The number of ether oxygens (including phenoxy) is 2. The molecule has 1 saturated heterocycles. The number of amides is 1. The van der Waals surface area contributed by atoms with Gasteiger partial charge in [0.05, 0.1) is 31.9 Å². The van der Waals surface area contributed by atoms with Crippen molar-refractivity contribution in [2.24, 2.45) is 0 Å². The molecule has 0 aromatic heterocycles. The van der Waals surface area contributed by atoms with E-state index in [1.54, 1.807) is 23.1 Å². The Hall–Kier alpha value is -2.08. The van der Waals surface area contributed by atoms with Gasteiger partial charge in [-0.25, -0.2) is 0 Å². The molecule has 2 aromatic carbocycles. The second kappa shape index (κ2) is 7.87. The van der Waals surface area contributed by atoms with Crippen molar-refractivity contribution in [2.75, 3.05) is 26.9 Å².